The molecule has 0 atom stereocenters. The van der Waals surface area contributed by atoms with Crippen molar-refractivity contribution in [2.75, 3.05) is 24.6 Å². The number of piperidine rings is 1. The Morgan fingerprint density at radius 3 is 2.68 bits per heavy atom. The number of ether oxygens (including phenoxy) is 1. The maximum Gasteiger partial charge on any atom is 0.213 e. The van der Waals surface area contributed by atoms with Crippen LogP contribution in [0, 0.1) is 19.8 Å². The van der Waals surface area contributed by atoms with Crippen LogP contribution >= 0.6 is 0 Å². The molecule has 5 heteroatoms. The maximum absolute atomic E-state index is 5.83. The van der Waals surface area contributed by atoms with Gasteiger partial charge in [0.2, 0.25) is 5.88 Å². The highest BCUT2D eigenvalue weighted by atomic mass is 16.5. The van der Waals surface area contributed by atoms with Gasteiger partial charge < -0.3 is 9.64 Å². The number of aryl methyl sites for hydroxylation is 2. The minimum Gasteiger partial charge on any atom is -0.477 e. The molecule has 0 unspecified atom stereocenters. The highest BCUT2D eigenvalue weighted by molar-refractivity contribution is 5.37. The molecule has 1 aliphatic rings. The van der Waals surface area contributed by atoms with Crippen molar-refractivity contribution in [2.45, 2.75) is 26.7 Å². The molecule has 0 aromatic carbocycles. The first-order valence-electron chi connectivity index (χ1n) is 7.82. The predicted octanol–water partition coefficient (Wildman–Crippen LogP) is 2.78. The zero-order chi connectivity index (χ0) is 15.4. The third-order valence-electron chi connectivity index (χ3n) is 4.03. The molecule has 0 aliphatic carbocycles. The molecule has 2 aromatic rings. The summed E-state index contributed by atoms with van der Waals surface area (Å²) in [4.78, 5) is 15.4. The van der Waals surface area contributed by atoms with Crippen molar-refractivity contribution in [3.63, 3.8) is 0 Å². The minimum absolute atomic E-state index is 0.585. The summed E-state index contributed by atoms with van der Waals surface area (Å²) in [7, 11) is 0. The van der Waals surface area contributed by atoms with Crippen LogP contribution in [0.5, 0.6) is 5.88 Å². The molecule has 2 aromatic heterocycles. The third kappa shape index (κ3) is 3.72. The zero-order valence-corrected chi connectivity index (χ0v) is 13.2. The van der Waals surface area contributed by atoms with E-state index in [1.807, 2.05) is 44.3 Å². The third-order valence-corrected chi connectivity index (χ3v) is 4.03. The first-order chi connectivity index (χ1) is 10.7. The Morgan fingerprint density at radius 2 is 1.95 bits per heavy atom. The van der Waals surface area contributed by atoms with E-state index >= 15 is 0 Å². The van der Waals surface area contributed by atoms with E-state index < -0.39 is 0 Å². The van der Waals surface area contributed by atoms with Crippen LogP contribution in [-0.2, 0) is 0 Å². The van der Waals surface area contributed by atoms with Crippen LogP contribution in [0.15, 0.2) is 30.5 Å². The molecule has 22 heavy (non-hydrogen) atoms. The molecule has 1 saturated heterocycles. The molecule has 3 rings (SSSR count). The molecular weight excluding hydrogens is 276 g/mol. The summed E-state index contributed by atoms with van der Waals surface area (Å²) in [6.45, 7) is 6.69. The van der Waals surface area contributed by atoms with Crippen LogP contribution in [0.4, 0.5) is 5.82 Å². The summed E-state index contributed by atoms with van der Waals surface area (Å²) in [6.07, 6.45) is 4.07. The van der Waals surface area contributed by atoms with Crippen molar-refractivity contribution in [3.8, 4) is 5.88 Å². The Morgan fingerprint density at radius 1 is 1.14 bits per heavy atom. The van der Waals surface area contributed by atoms with Crippen molar-refractivity contribution in [3.05, 3.63) is 42.0 Å². The van der Waals surface area contributed by atoms with Crippen molar-refractivity contribution >= 4 is 5.82 Å². The molecule has 0 amide bonds. The van der Waals surface area contributed by atoms with Crippen molar-refractivity contribution in [1.82, 2.24) is 15.0 Å². The van der Waals surface area contributed by atoms with Gasteiger partial charge in [0.05, 0.1) is 6.61 Å². The lowest BCUT2D eigenvalue weighted by Gasteiger charge is -2.32. The second kappa shape index (κ2) is 6.73. The number of anilines is 1. The van der Waals surface area contributed by atoms with Gasteiger partial charge in [-0.05, 0) is 44.7 Å². The topological polar surface area (TPSA) is 51.1 Å². The zero-order valence-electron chi connectivity index (χ0n) is 13.2. The summed E-state index contributed by atoms with van der Waals surface area (Å²) in [6, 6.07) is 7.87. The van der Waals surface area contributed by atoms with Gasteiger partial charge in [-0.3, -0.25) is 0 Å². The number of aromatic nitrogens is 3. The molecule has 5 nitrogen and oxygen atoms in total. The lowest BCUT2D eigenvalue weighted by atomic mass is 9.98. The van der Waals surface area contributed by atoms with Gasteiger partial charge in [-0.15, -0.1) is 0 Å². The quantitative estimate of drug-likeness (QED) is 0.868. The van der Waals surface area contributed by atoms with Gasteiger partial charge in [0, 0.05) is 31.0 Å². The SMILES string of the molecule is Cc1cccc(OCC2CCN(c3ccnc(C)n3)CC2)n1. The van der Waals surface area contributed by atoms with Crippen LogP contribution < -0.4 is 9.64 Å². The van der Waals surface area contributed by atoms with Crippen molar-refractivity contribution < 1.29 is 4.74 Å². The lowest BCUT2D eigenvalue weighted by molar-refractivity contribution is 0.215. The van der Waals surface area contributed by atoms with E-state index in [1.54, 1.807) is 0 Å². The van der Waals surface area contributed by atoms with E-state index in [2.05, 4.69) is 19.9 Å². The Balaban J connectivity index is 1.49. The van der Waals surface area contributed by atoms with Gasteiger partial charge in [-0.2, -0.15) is 0 Å². The predicted molar refractivity (Wildman–Crippen MR) is 86.2 cm³/mol. The molecule has 0 radical (unpaired) electrons. The van der Waals surface area contributed by atoms with Crippen LogP contribution in [0.3, 0.4) is 0 Å². The fraction of sp³-hybridized carbons (Fsp3) is 0.471. The summed E-state index contributed by atoms with van der Waals surface area (Å²) in [5.74, 6) is 3.18. The summed E-state index contributed by atoms with van der Waals surface area (Å²) in [5.41, 5.74) is 0.992. The number of pyridine rings is 1. The normalized spacial score (nSPS) is 15.8. The molecule has 0 bridgehead atoms. The van der Waals surface area contributed by atoms with E-state index in [-0.39, 0.29) is 0 Å². The monoisotopic (exact) mass is 298 g/mol. The average Bonchev–Trinajstić information content (AvgIpc) is 2.54. The second-order valence-electron chi connectivity index (χ2n) is 5.82. The van der Waals surface area contributed by atoms with Crippen LogP contribution in [0.2, 0.25) is 0 Å². The van der Waals surface area contributed by atoms with Gasteiger partial charge in [0.15, 0.2) is 0 Å². The molecule has 1 aliphatic heterocycles. The maximum atomic E-state index is 5.83. The van der Waals surface area contributed by atoms with Gasteiger partial charge in [-0.25, -0.2) is 15.0 Å². The van der Waals surface area contributed by atoms with Gasteiger partial charge >= 0.3 is 0 Å². The number of nitrogens with zero attached hydrogens (tertiary/aromatic N) is 4. The largest absolute Gasteiger partial charge is 0.477 e. The molecular formula is C17H22N4O. The number of hydrogen-bond acceptors (Lipinski definition) is 5. The van der Waals surface area contributed by atoms with E-state index in [0.717, 1.165) is 55.8 Å². The van der Waals surface area contributed by atoms with Gasteiger partial charge in [0.1, 0.15) is 11.6 Å². The Kier molecular flexibility index (Phi) is 4.51. The van der Waals surface area contributed by atoms with Gasteiger partial charge in [0.25, 0.3) is 0 Å². The fourth-order valence-electron chi connectivity index (χ4n) is 2.75. The second-order valence-corrected chi connectivity index (χ2v) is 5.82. The highest BCUT2D eigenvalue weighted by Gasteiger charge is 2.21. The van der Waals surface area contributed by atoms with E-state index in [1.165, 1.54) is 0 Å². The first kappa shape index (κ1) is 14.8. The van der Waals surface area contributed by atoms with Crippen LogP contribution in [0.1, 0.15) is 24.4 Å². The van der Waals surface area contributed by atoms with E-state index in [0.29, 0.717) is 5.92 Å². The fourth-order valence-corrected chi connectivity index (χ4v) is 2.75. The Hall–Kier alpha value is -2.17. The standard InChI is InChI=1S/C17H22N4O/c1-13-4-3-5-17(19-13)22-12-15-7-10-21(11-8-15)16-6-9-18-14(2)20-16/h3-6,9,15H,7-8,10-12H2,1-2H3. The molecule has 0 saturated carbocycles. The van der Waals surface area contributed by atoms with Gasteiger partial charge in [-0.1, -0.05) is 6.07 Å². The van der Waals surface area contributed by atoms with E-state index in [4.69, 9.17) is 4.74 Å². The Labute approximate surface area is 131 Å². The molecule has 3 heterocycles. The smallest absolute Gasteiger partial charge is 0.213 e. The number of hydrogen-bond donors (Lipinski definition) is 0. The van der Waals surface area contributed by atoms with Crippen molar-refractivity contribution in [2.24, 2.45) is 5.92 Å². The molecule has 116 valence electrons. The summed E-state index contributed by atoms with van der Waals surface area (Å²) < 4.78 is 5.83. The Bertz CT molecular complexity index is 624. The number of rotatable bonds is 4. The molecule has 0 N–H and O–H groups in total. The minimum atomic E-state index is 0.585. The summed E-state index contributed by atoms with van der Waals surface area (Å²) >= 11 is 0. The summed E-state index contributed by atoms with van der Waals surface area (Å²) in [5, 5.41) is 0. The molecule has 0 spiro atoms. The van der Waals surface area contributed by atoms with Crippen LogP contribution in [-0.4, -0.2) is 34.6 Å². The van der Waals surface area contributed by atoms with Crippen LogP contribution in [0.25, 0.3) is 0 Å². The molecule has 1 fully saturated rings. The van der Waals surface area contributed by atoms with E-state index in [9.17, 15) is 0 Å². The average molecular weight is 298 g/mol. The first-order valence-corrected chi connectivity index (χ1v) is 7.82. The highest BCUT2D eigenvalue weighted by Crippen LogP contribution is 2.22. The van der Waals surface area contributed by atoms with Crippen molar-refractivity contribution in [1.29, 1.82) is 0 Å². The lowest BCUT2D eigenvalue weighted by Crippen LogP contribution is -2.36.